The van der Waals surface area contributed by atoms with E-state index in [0.717, 1.165) is 40.3 Å². The van der Waals surface area contributed by atoms with E-state index in [9.17, 15) is 23.5 Å². The molecule has 246 valence electrons. The molecule has 0 spiro atoms. The second-order valence-corrected chi connectivity index (χ2v) is 12.0. The molecule has 1 saturated heterocycles. The van der Waals surface area contributed by atoms with Gasteiger partial charge in [0.15, 0.2) is 0 Å². The summed E-state index contributed by atoms with van der Waals surface area (Å²) in [6.45, 7) is 7.27. The van der Waals surface area contributed by atoms with Crippen LogP contribution in [0.2, 0.25) is 5.02 Å². The van der Waals surface area contributed by atoms with Crippen molar-refractivity contribution in [1.29, 1.82) is 0 Å². The number of carbonyl (C=O) groups excluding carboxylic acids is 1. The monoisotopic (exact) mass is 662 g/mol. The zero-order valence-corrected chi connectivity index (χ0v) is 27.3. The van der Waals surface area contributed by atoms with Gasteiger partial charge < -0.3 is 19.9 Å². The molecule has 5 rings (SSSR count). The van der Waals surface area contributed by atoms with E-state index in [2.05, 4.69) is 5.32 Å². The number of carboxylic acid groups (broad SMARTS) is 1. The first-order valence-electron chi connectivity index (χ1n) is 15.5. The highest BCUT2D eigenvalue weighted by atomic mass is 35.5. The molecule has 1 aliphatic rings. The molecule has 7 nitrogen and oxygen atoms in total. The predicted octanol–water partition coefficient (Wildman–Crippen LogP) is 7.86. The van der Waals surface area contributed by atoms with Gasteiger partial charge in [-0.15, -0.1) is 0 Å². The Balaban J connectivity index is 1.42. The van der Waals surface area contributed by atoms with Gasteiger partial charge >= 0.3 is 5.97 Å². The molecule has 0 aromatic heterocycles. The first-order valence-corrected chi connectivity index (χ1v) is 15.9. The third-order valence-electron chi connectivity index (χ3n) is 8.49. The normalized spacial score (nSPS) is 14.6. The fourth-order valence-electron chi connectivity index (χ4n) is 6.03. The average Bonchev–Trinajstić information content (AvgIpc) is 3.49. The van der Waals surface area contributed by atoms with E-state index in [4.69, 9.17) is 21.1 Å². The van der Waals surface area contributed by atoms with Crippen LogP contribution in [-0.2, 0) is 24.6 Å². The smallest absolute Gasteiger partial charge is 0.320 e. The van der Waals surface area contributed by atoms with Crippen molar-refractivity contribution in [2.24, 2.45) is 0 Å². The minimum atomic E-state index is -0.894. The van der Waals surface area contributed by atoms with Crippen molar-refractivity contribution in [1.82, 2.24) is 10.2 Å². The number of aliphatic carboxylic acids is 1. The lowest BCUT2D eigenvalue weighted by Gasteiger charge is -2.23. The maximum Gasteiger partial charge on any atom is 0.320 e. The Bertz CT molecular complexity index is 1780. The molecular weight excluding hydrogens is 626 g/mol. The minimum absolute atomic E-state index is 0.120. The van der Waals surface area contributed by atoms with Gasteiger partial charge in [-0.05, 0) is 97.8 Å². The van der Waals surface area contributed by atoms with Crippen LogP contribution in [0.5, 0.6) is 11.5 Å². The topological polar surface area (TPSA) is 88.1 Å². The number of likely N-dealkylation sites (tertiary alicyclic amines) is 1. The van der Waals surface area contributed by atoms with Gasteiger partial charge in [0.25, 0.3) is 5.91 Å². The molecule has 0 aliphatic carbocycles. The Kier molecular flexibility index (Phi) is 10.8. The van der Waals surface area contributed by atoms with Crippen molar-refractivity contribution in [2.75, 3.05) is 13.1 Å². The minimum Gasteiger partial charge on any atom is -0.488 e. The summed E-state index contributed by atoms with van der Waals surface area (Å²) < 4.78 is 40.0. The maximum absolute atomic E-state index is 13.9. The highest BCUT2D eigenvalue weighted by Gasteiger charge is 2.31. The number of benzene rings is 4. The third-order valence-corrected chi connectivity index (χ3v) is 8.78. The molecular formula is C37H37ClF2N2O5. The van der Waals surface area contributed by atoms with Crippen LogP contribution in [-0.4, -0.2) is 41.0 Å². The number of carbonyl (C=O) groups is 2. The Morgan fingerprint density at radius 2 is 1.60 bits per heavy atom. The summed E-state index contributed by atoms with van der Waals surface area (Å²) in [6, 6.07) is 17.5. The van der Waals surface area contributed by atoms with Crippen LogP contribution in [0.3, 0.4) is 0 Å². The highest BCUT2D eigenvalue weighted by molar-refractivity contribution is 6.32. The summed E-state index contributed by atoms with van der Waals surface area (Å²) in [4.78, 5) is 26.3. The van der Waals surface area contributed by atoms with Gasteiger partial charge in [-0.3, -0.25) is 14.5 Å². The van der Waals surface area contributed by atoms with E-state index < -0.39 is 23.6 Å². The molecule has 1 fully saturated rings. The fourth-order valence-corrected chi connectivity index (χ4v) is 6.27. The summed E-state index contributed by atoms with van der Waals surface area (Å²) in [7, 11) is 0. The number of hydrogen-bond acceptors (Lipinski definition) is 5. The van der Waals surface area contributed by atoms with Crippen molar-refractivity contribution in [2.45, 2.75) is 59.4 Å². The van der Waals surface area contributed by atoms with Gasteiger partial charge in [-0.1, -0.05) is 41.9 Å². The van der Waals surface area contributed by atoms with Gasteiger partial charge in [0, 0.05) is 36.3 Å². The fraction of sp³-hybridized carbons (Fsp3) is 0.297. The quantitative estimate of drug-likeness (QED) is 0.161. The van der Waals surface area contributed by atoms with Crippen LogP contribution >= 0.6 is 11.6 Å². The van der Waals surface area contributed by atoms with Crippen LogP contribution in [0.25, 0.3) is 11.1 Å². The van der Waals surface area contributed by atoms with Crippen molar-refractivity contribution in [3.05, 3.63) is 117 Å². The molecule has 1 heterocycles. The summed E-state index contributed by atoms with van der Waals surface area (Å²) >= 11 is 6.72. The molecule has 1 amide bonds. The Hall–Kier alpha value is -4.47. The molecule has 2 N–H and O–H groups in total. The summed E-state index contributed by atoms with van der Waals surface area (Å²) in [5, 5.41) is 12.9. The highest BCUT2D eigenvalue weighted by Crippen LogP contribution is 2.37. The van der Waals surface area contributed by atoms with Crippen LogP contribution in [0, 0.1) is 25.5 Å². The SMILES string of the molecule is CCNC(=O)c1cccc(-c2cccc(COc3cc(OCc4cc(F)cc(F)c4)c(CN4CCC[C@H]4C(=O)O)cc3Cl)c2C)c1C. The van der Waals surface area contributed by atoms with Crippen LogP contribution < -0.4 is 14.8 Å². The zero-order valence-electron chi connectivity index (χ0n) is 26.5. The van der Waals surface area contributed by atoms with Gasteiger partial charge in [-0.25, -0.2) is 8.78 Å². The van der Waals surface area contributed by atoms with E-state index in [-0.39, 0.29) is 25.7 Å². The molecule has 4 aromatic carbocycles. The zero-order chi connectivity index (χ0) is 33.7. The molecule has 1 atom stereocenters. The van der Waals surface area contributed by atoms with E-state index in [1.807, 2.05) is 62.1 Å². The molecule has 0 radical (unpaired) electrons. The number of ether oxygens (including phenoxy) is 2. The summed E-state index contributed by atoms with van der Waals surface area (Å²) in [5.74, 6) is -1.73. The van der Waals surface area contributed by atoms with Crippen molar-refractivity contribution >= 4 is 23.5 Å². The van der Waals surface area contributed by atoms with Crippen molar-refractivity contribution in [3.8, 4) is 22.6 Å². The number of amides is 1. The molecule has 0 saturated carbocycles. The number of halogens is 3. The van der Waals surface area contributed by atoms with E-state index in [0.29, 0.717) is 52.7 Å². The molecule has 47 heavy (non-hydrogen) atoms. The number of carboxylic acids is 1. The molecule has 10 heteroatoms. The second kappa shape index (κ2) is 15.0. The lowest BCUT2D eigenvalue weighted by Crippen LogP contribution is -2.35. The predicted molar refractivity (Wildman–Crippen MR) is 177 cm³/mol. The average molecular weight is 663 g/mol. The van der Waals surface area contributed by atoms with Gasteiger partial charge in [-0.2, -0.15) is 0 Å². The van der Waals surface area contributed by atoms with Crippen LogP contribution in [0.15, 0.2) is 66.7 Å². The summed E-state index contributed by atoms with van der Waals surface area (Å²) in [5.41, 5.74) is 6.24. The Morgan fingerprint density at radius 1 is 0.915 bits per heavy atom. The van der Waals surface area contributed by atoms with Gasteiger partial charge in [0.05, 0.1) is 5.02 Å². The van der Waals surface area contributed by atoms with E-state index in [1.54, 1.807) is 12.1 Å². The first-order chi connectivity index (χ1) is 22.5. The van der Waals surface area contributed by atoms with Gasteiger partial charge in [0.1, 0.15) is 42.4 Å². The van der Waals surface area contributed by atoms with Crippen LogP contribution in [0.4, 0.5) is 8.78 Å². The number of rotatable bonds is 12. The first kappa shape index (κ1) is 33.9. The van der Waals surface area contributed by atoms with Crippen molar-refractivity contribution in [3.63, 3.8) is 0 Å². The summed E-state index contributed by atoms with van der Waals surface area (Å²) in [6.07, 6.45) is 1.29. The molecule has 0 bridgehead atoms. The van der Waals surface area contributed by atoms with Crippen molar-refractivity contribution < 1.29 is 33.0 Å². The second-order valence-electron chi connectivity index (χ2n) is 11.6. The lowest BCUT2D eigenvalue weighted by atomic mass is 9.91. The Labute approximate surface area is 278 Å². The van der Waals surface area contributed by atoms with Gasteiger partial charge in [0.2, 0.25) is 0 Å². The number of hydrogen-bond donors (Lipinski definition) is 2. The van der Waals surface area contributed by atoms with E-state index in [1.165, 1.54) is 12.1 Å². The van der Waals surface area contributed by atoms with Crippen LogP contribution in [0.1, 0.15) is 57.9 Å². The molecule has 0 unspecified atom stereocenters. The largest absolute Gasteiger partial charge is 0.488 e. The maximum atomic E-state index is 13.9. The standard InChI is InChI=1S/C37H37ClF2N2O5/c1-4-41-36(43)31-11-6-10-30(23(31)3)29-9-5-8-25(22(29)2)21-47-35-18-34(46-20-24-14-27(39)17-28(40)15-24)26(16-32(35)38)19-42-13-7-12-33(42)37(44)45/h5-6,8-11,14-18,33H,4,7,12-13,19-21H2,1-3H3,(H,41,43)(H,44,45)/t33-/m0/s1. The number of nitrogens with one attached hydrogen (secondary N) is 1. The third kappa shape index (κ3) is 7.92. The van der Waals surface area contributed by atoms with E-state index >= 15 is 0 Å². The lowest BCUT2D eigenvalue weighted by molar-refractivity contribution is -0.142. The molecule has 1 aliphatic heterocycles. The Morgan fingerprint density at radius 3 is 2.30 bits per heavy atom. The molecule has 4 aromatic rings. The number of nitrogens with zero attached hydrogens (tertiary/aromatic N) is 1.